The quantitative estimate of drug-likeness (QED) is 0.244. The average Bonchev–Trinajstić information content (AvgIpc) is 3.05. The van der Waals surface area contributed by atoms with Gasteiger partial charge in [0.15, 0.2) is 17.3 Å². The summed E-state index contributed by atoms with van der Waals surface area (Å²) in [5.41, 5.74) is -0.339. The molecule has 1 aromatic rings. The lowest BCUT2D eigenvalue weighted by atomic mass is 9.83. The maximum Gasteiger partial charge on any atom is 0.248 e. The number of hydrogen-bond acceptors (Lipinski definition) is 9. The van der Waals surface area contributed by atoms with Crippen molar-refractivity contribution < 1.29 is 44.4 Å². The Kier molecular flexibility index (Phi) is 13.5. The molecule has 2 aliphatic heterocycles. The number of phenolic OH excluding ortho intramolecular Hbond substituents is 1. The molecule has 1 aromatic carbocycles. The molecule has 1 amide bonds. The van der Waals surface area contributed by atoms with Crippen LogP contribution in [-0.4, -0.2) is 67.8 Å². The molecule has 2 heterocycles. The van der Waals surface area contributed by atoms with Crippen LogP contribution in [-0.2, 0) is 9.59 Å². The average molecular weight is 672 g/mol. The topological polar surface area (TPSA) is 178 Å². The third kappa shape index (κ3) is 9.88. The number of aryl methyl sites for hydroxylation is 1. The van der Waals surface area contributed by atoms with E-state index in [9.17, 15) is 44.4 Å². The fourth-order valence-electron chi connectivity index (χ4n) is 5.47. The van der Waals surface area contributed by atoms with Crippen molar-refractivity contribution in [1.82, 2.24) is 5.32 Å². The van der Waals surface area contributed by atoms with Gasteiger partial charge in [-0.15, -0.1) is 0 Å². The highest BCUT2D eigenvalue weighted by Crippen LogP contribution is 2.35. The Balaban J connectivity index is 2.01. The minimum Gasteiger partial charge on any atom is -0.507 e. The van der Waals surface area contributed by atoms with Gasteiger partial charge >= 0.3 is 0 Å². The van der Waals surface area contributed by atoms with Crippen LogP contribution < -0.4 is 5.32 Å². The van der Waals surface area contributed by atoms with Gasteiger partial charge in [0, 0.05) is 47.5 Å². The summed E-state index contributed by atoms with van der Waals surface area (Å²) in [4.78, 5) is 65.7. The third-order valence-electron chi connectivity index (χ3n) is 8.67. The van der Waals surface area contributed by atoms with E-state index in [1.54, 1.807) is 64.2 Å². The molecule has 4 bridgehead atoms. The van der Waals surface area contributed by atoms with Gasteiger partial charge in [0.25, 0.3) is 0 Å². The fourth-order valence-corrected chi connectivity index (χ4v) is 5.47. The van der Waals surface area contributed by atoms with Crippen LogP contribution in [0.2, 0.25) is 0 Å². The number of aromatic hydroxyl groups is 1. The number of aliphatic hydroxyl groups excluding tert-OH is 3. The molecule has 3 aliphatic rings. The highest BCUT2D eigenvalue weighted by Gasteiger charge is 2.34. The predicted molar refractivity (Wildman–Crippen MR) is 186 cm³/mol. The monoisotopic (exact) mass is 671 g/mol. The van der Waals surface area contributed by atoms with Crippen molar-refractivity contribution in [3.05, 3.63) is 112 Å². The Morgan fingerprint density at radius 3 is 2.12 bits per heavy atom. The summed E-state index contributed by atoms with van der Waals surface area (Å²) in [6.07, 6.45) is 13.4. The number of carbonyl (C=O) groups is 5. The zero-order valence-electron chi connectivity index (χ0n) is 28.6. The summed E-state index contributed by atoms with van der Waals surface area (Å²) in [5, 5.41) is 45.3. The van der Waals surface area contributed by atoms with E-state index in [1.807, 2.05) is 0 Å². The molecular weight excluding hydrogens is 626 g/mol. The first-order valence-electron chi connectivity index (χ1n) is 16.2. The maximum atomic E-state index is 13.7. The number of rotatable bonds is 0. The van der Waals surface area contributed by atoms with Crippen LogP contribution in [0.5, 0.6) is 5.75 Å². The predicted octanol–water partition coefficient (Wildman–Crippen LogP) is 4.73. The molecule has 5 N–H and O–H groups in total. The third-order valence-corrected chi connectivity index (χ3v) is 8.67. The van der Waals surface area contributed by atoms with Crippen LogP contribution in [0.3, 0.4) is 0 Å². The summed E-state index contributed by atoms with van der Waals surface area (Å²) in [5.74, 6) is -4.96. The summed E-state index contributed by atoms with van der Waals surface area (Å²) in [7, 11) is 0. The number of fused-ring (bicyclic) bond motifs is 18. The van der Waals surface area contributed by atoms with E-state index in [4.69, 9.17) is 0 Å². The lowest BCUT2D eigenvalue weighted by molar-refractivity contribution is -0.118. The number of ketones is 4. The van der Waals surface area contributed by atoms with Crippen molar-refractivity contribution in [2.75, 3.05) is 0 Å². The van der Waals surface area contributed by atoms with Gasteiger partial charge in [-0.1, -0.05) is 75.5 Å². The van der Waals surface area contributed by atoms with E-state index < -0.39 is 59.2 Å². The Morgan fingerprint density at radius 2 is 1.43 bits per heavy atom. The van der Waals surface area contributed by atoms with Gasteiger partial charge in [0.1, 0.15) is 5.75 Å². The second kappa shape index (κ2) is 17.1. The zero-order valence-corrected chi connectivity index (χ0v) is 28.6. The number of benzene rings is 1. The first-order chi connectivity index (χ1) is 23.0. The molecule has 1 aliphatic carbocycles. The van der Waals surface area contributed by atoms with E-state index in [-0.39, 0.29) is 58.1 Å². The minimum absolute atomic E-state index is 0.109. The van der Waals surface area contributed by atoms with Crippen LogP contribution in [0, 0.1) is 24.7 Å². The Hall–Kier alpha value is -4.77. The molecule has 0 saturated heterocycles. The molecule has 10 heteroatoms. The van der Waals surface area contributed by atoms with Crippen molar-refractivity contribution in [3.63, 3.8) is 0 Å². The number of allylic oxidation sites excluding steroid dienone is 8. The highest BCUT2D eigenvalue weighted by atomic mass is 16.3. The Labute approximate surface area is 286 Å². The van der Waals surface area contributed by atoms with E-state index >= 15 is 0 Å². The van der Waals surface area contributed by atoms with E-state index in [2.05, 4.69) is 5.32 Å². The van der Waals surface area contributed by atoms with Gasteiger partial charge in [-0.2, -0.15) is 0 Å². The molecular formula is C39H45NO9. The van der Waals surface area contributed by atoms with Gasteiger partial charge in [-0.25, -0.2) is 0 Å². The van der Waals surface area contributed by atoms with Crippen LogP contribution in [0.15, 0.2) is 89.7 Å². The maximum absolute atomic E-state index is 13.7. The van der Waals surface area contributed by atoms with Crippen LogP contribution in [0.25, 0.3) is 0 Å². The van der Waals surface area contributed by atoms with Crippen molar-refractivity contribution in [2.45, 2.75) is 72.7 Å². The molecule has 0 fully saturated rings. The summed E-state index contributed by atoms with van der Waals surface area (Å²) >= 11 is 0. The second-order valence-electron chi connectivity index (χ2n) is 12.7. The van der Waals surface area contributed by atoms with Crippen LogP contribution >= 0.6 is 0 Å². The lowest BCUT2D eigenvalue weighted by Crippen LogP contribution is -2.31. The number of aliphatic hydroxyl groups is 3. The number of nitrogens with one attached hydrogen (secondary N) is 1. The largest absolute Gasteiger partial charge is 0.507 e. The number of phenols is 1. The first-order valence-corrected chi connectivity index (χ1v) is 16.2. The Morgan fingerprint density at radius 1 is 0.755 bits per heavy atom. The fraction of sp³-hybridized carbons (Fsp3) is 0.359. The smallest absolute Gasteiger partial charge is 0.248 e. The van der Waals surface area contributed by atoms with Crippen molar-refractivity contribution >= 4 is 29.0 Å². The van der Waals surface area contributed by atoms with Crippen molar-refractivity contribution in [3.8, 4) is 5.75 Å². The molecule has 4 rings (SSSR count). The summed E-state index contributed by atoms with van der Waals surface area (Å²) < 4.78 is 0. The van der Waals surface area contributed by atoms with Crippen LogP contribution in [0.4, 0.5) is 0 Å². The molecule has 0 radical (unpaired) electrons. The van der Waals surface area contributed by atoms with Gasteiger partial charge in [-0.05, 0) is 50.0 Å². The Bertz CT molecular complexity index is 1720. The molecule has 49 heavy (non-hydrogen) atoms. The van der Waals surface area contributed by atoms with Crippen molar-refractivity contribution in [2.24, 2.45) is 17.8 Å². The van der Waals surface area contributed by atoms with Crippen LogP contribution in [0.1, 0.15) is 84.1 Å². The zero-order chi connectivity index (χ0) is 36.6. The second-order valence-corrected chi connectivity index (χ2v) is 12.7. The number of amides is 1. The standard InChI is InChI=1S/C39H45NO9/c1-21-11-9-7-8-10-12-33(45)40-29-19-32(44)34-28(39(29)49)18-26(6)38(48)35(34)37(47)25(5)17-24(4)36(46)23(3)14-16-27(41)15-13-22(2)31(43)20-30(21)42/h7-14,16-19,21,23-24,27,30,36,41-42,46,48H,15,20H2,1-6H3,(H,40,45)/b8-7-,11-9+,12-10-,16-14+,22-13+,25-17+/t21-,23-,24-,27-,30-,36-/m0/s1. The lowest BCUT2D eigenvalue weighted by Gasteiger charge is -2.22. The first kappa shape index (κ1) is 38.7. The van der Waals surface area contributed by atoms with Gasteiger partial charge < -0.3 is 25.7 Å². The van der Waals surface area contributed by atoms with E-state index in [1.165, 1.54) is 38.1 Å². The molecule has 0 saturated carbocycles. The highest BCUT2D eigenvalue weighted by molar-refractivity contribution is 6.30. The van der Waals surface area contributed by atoms with Gasteiger partial charge in [-0.3, -0.25) is 24.0 Å². The molecule has 0 aromatic heterocycles. The van der Waals surface area contributed by atoms with E-state index in [0.717, 1.165) is 12.2 Å². The summed E-state index contributed by atoms with van der Waals surface area (Å²) in [6.45, 7) is 9.76. The molecule has 10 nitrogen and oxygen atoms in total. The summed E-state index contributed by atoms with van der Waals surface area (Å²) in [6, 6.07) is 1.30. The molecule has 0 unspecified atom stereocenters. The molecule has 6 atom stereocenters. The molecule has 0 spiro atoms. The number of carbonyl (C=O) groups excluding carboxylic acids is 5. The number of Topliss-reactive ketones (excluding diaryl/α,β-unsaturated/α-hetero) is 3. The van der Waals surface area contributed by atoms with Crippen molar-refractivity contribution in [1.29, 1.82) is 0 Å². The van der Waals surface area contributed by atoms with Gasteiger partial charge in [0.05, 0.1) is 29.6 Å². The van der Waals surface area contributed by atoms with Gasteiger partial charge in [0.2, 0.25) is 11.7 Å². The minimum atomic E-state index is -0.986. The molecule has 260 valence electrons. The number of hydrogen-bond donors (Lipinski definition) is 5. The SMILES string of the molecule is C/C1=C\C[C@H](O)/C=C/[C@H](C)[C@H](O)[C@@H](C)/C=C(\C)C(=O)c2c(O)c(C)cc3c2C(=O)C=C(NC(=O)\C=C/C=C\C=C\[C@H](C)[C@@H](O)CC1=O)C3=O. The normalized spacial score (nSPS) is 31.5. The van der Waals surface area contributed by atoms with E-state index in [0.29, 0.717) is 5.57 Å².